The molecule has 0 fully saturated rings. The number of hydrogen-bond acceptors (Lipinski definition) is 4. The minimum absolute atomic E-state index is 0.217. The lowest BCUT2D eigenvalue weighted by Crippen LogP contribution is -2.20. The zero-order valence-electron chi connectivity index (χ0n) is 15.5. The van der Waals surface area contributed by atoms with E-state index in [1.807, 2.05) is 54.6 Å². The number of aromatic nitrogens is 1. The van der Waals surface area contributed by atoms with E-state index in [9.17, 15) is 4.79 Å². The van der Waals surface area contributed by atoms with Crippen LogP contribution in [0.5, 0.6) is 5.75 Å². The highest BCUT2D eigenvalue weighted by atomic mass is 16.6. The number of pyridine rings is 1. The molecule has 1 heterocycles. The number of fused-ring (bicyclic) bond motifs is 2. The number of aryl methyl sites for hydroxylation is 1. The van der Waals surface area contributed by atoms with Gasteiger partial charge in [-0.15, -0.1) is 0 Å². The fourth-order valence-electron chi connectivity index (χ4n) is 3.68. The van der Waals surface area contributed by atoms with Crippen molar-refractivity contribution in [1.29, 1.82) is 0 Å². The highest BCUT2D eigenvalue weighted by molar-refractivity contribution is 6.05. The Balaban J connectivity index is 1.54. The van der Waals surface area contributed by atoms with Crippen LogP contribution >= 0.6 is 0 Å². The van der Waals surface area contributed by atoms with Crippen molar-refractivity contribution in [2.75, 3.05) is 13.2 Å². The maximum atomic E-state index is 12.9. The Morgan fingerprint density at radius 1 is 1.07 bits per heavy atom. The predicted octanol–water partition coefficient (Wildman–Crippen LogP) is 4.60. The van der Waals surface area contributed by atoms with Crippen LogP contribution in [-0.2, 0) is 17.6 Å². The summed E-state index contributed by atoms with van der Waals surface area (Å²) in [6.45, 7) is 2.77. The second-order valence-electron chi connectivity index (χ2n) is 7.07. The molecular weight excluding hydrogens is 338 g/mol. The van der Waals surface area contributed by atoms with Gasteiger partial charge in [0.05, 0.1) is 11.1 Å². The Kier molecular flexibility index (Phi) is 5.05. The number of para-hydroxylation sites is 2. The molecule has 0 bridgehead atoms. The van der Waals surface area contributed by atoms with Crippen molar-refractivity contribution in [3.63, 3.8) is 0 Å². The maximum absolute atomic E-state index is 12.9. The van der Waals surface area contributed by atoms with Gasteiger partial charge >= 0.3 is 5.97 Å². The third-order valence-electron chi connectivity index (χ3n) is 5.04. The summed E-state index contributed by atoms with van der Waals surface area (Å²) in [6.07, 6.45) is 2.90. The molecule has 1 aliphatic rings. The summed E-state index contributed by atoms with van der Waals surface area (Å²) in [7, 11) is 0. The second kappa shape index (κ2) is 7.78. The molecule has 1 atom stereocenters. The van der Waals surface area contributed by atoms with Gasteiger partial charge in [-0.2, -0.15) is 0 Å². The van der Waals surface area contributed by atoms with Gasteiger partial charge in [-0.1, -0.05) is 43.3 Å². The average Bonchev–Trinajstić information content (AvgIpc) is 2.70. The minimum atomic E-state index is -0.282. The second-order valence-corrected chi connectivity index (χ2v) is 7.07. The Labute approximate surface area is 159 Å². The van der Waals surface area contributed by atoms with Crippen LogP contribution in [0.3, 0.4) is 0 Å². The van der Waals surface area contributed by atoms with Crippen LogP contribution in [0.4, 0.5) is 0 Å². The van der Waals surface area contributed by atoms with Crippen molar-refractivity contribution in [2.24, 2.45) is 5.92 Å². The van der Waals surface area contributed by atoms with E-state index in [-0.39, 0.29) is 12.6 Å². The normalized spacial score (nSPS) is 16.0. The van der Waals surface area contributed by atoms with Crippen LogP contribution in [0.15, 0.2) is 54.6 Å². The highest BCUT2D eigenvalue weighted by Gasteiger charge is 2.26. The van der Waals surface area contributed by atoms with Crippen LogP contribution in [0.2, 0.25) is 0 Å². The molecule has 0 saturated carbocycles. The largest absolute Gasteiger partial charge is 0.490 e. The fraction of sp³-hybridized carbons (Fsp3) is 0.304. The van der Waals surface area contributed by atoms with E-state index < -0.39 is 0 Å². The van der Waals surface area contributed by atoms with Crippen molar-refractivity contribution in [1.82, 2.24) is 4.98 Å². The summed E-state index contributed by atoms with van der Waals surface area (Å²) in [5, 5.41) is 0.874. The lowest BCUT2D eigenvalue weighted by Gasteiger charge is -2.24. The first-order valence-corrected chi connectivity index (χ1v) is 9.48. The standard InChI is InChI=1S/C23H23NO3/c1-16-11-12-21-19(15-16)22(18-9-5-6-10-20(18)24-21)23(25)27-14-13-26-17-7-3-2-4-8-17/h2-10,16H,11-15H2,1H3/t16-/m1/s1. The smallest absolute Gasteiger partial charge is 0.339 e. The van der Waals surface area contributed by atoms with E-state index in [0.29, 0.717) is 18.1 Å². The molecule has 0 spiro atoms. The van der Waals surface area contributed by atoms with Gasteiger partial charge in [0.25, 0.3) is 0 Å². The first-order chi connectivity index (χ1) is 13.2. The molecule has 0 amide bonds. The van der Waals surface area contributed by atoms with E-state index in [1.54, 1.807) is 0 Å². The summed E-state index contributed by atoms with van der Waals surface area (Å²) in [5.41, 5.74) is 3.64. The van der Waals surface area contributed by atoms with Gasteiger partial charge < -0.3 is 9.47 Å². The molecule has 0 unspecified atom stereocenters. The van der Waals surface area contributed by atoms with E-state index in [0.717, 1.165) is 47.2 Å². The molecule has 3 aromatic rings. The molecule has 0 N–H and O–H groups in total. The minimum Gasteiger partial charge on any atom is -0.490 e. The molecule has 4 heteroatoms. The molecule has 138 valence electrons. The average molecular weight is 361 g/mol. The van der Waals surface area contributed by atoms with Crippen molar-refractivity contribution in [3.05, 3.63) is 71.4 Å². The van der Waals surface area contributed by atoms with Gasteiger partial charge in [-0.25, -0.2) is 4.79 Å². The quantitative estimate of drug-likeness (QED) is 0.492. The third kappa shape index (κ3) is 3.80. The molecule has 4 nitrogen and oxygen atoms in total. The van der Waals surface area contributed by atoms with Crippen LogP contribution in [0.25, 0.3) is 10.9 Å². The van der Waals surface area contributed by atoms with Gasteiger partial charge in [0.2, 0.25) is 0 Å². The predicted molar refractivity (Wildman–Crippen MR) is 105 cm³/mol. The number of carbonyl (C=O) groups excluding carboxylic acids is 1. The van der Waals surface area contributed by atoms with E-state index in [2.05, 4.69) is 6.92 Å². The first kappa shape index (κ1) is 17.5. The van der Waals surface area contributed by atoms with Gasteiger partial charge in [0.1, 0.15) is 19.0 Å². The number of esters is 1. The number of hydrogen-bond donors (Lipinski definition) is 0. The van der Waals surface area contributed by atoms with Gasteiger partial charge in [-0.05, 0) is 48.9 Å². The number of ether oxygens (including phenoxy) is 2. The Hall–Kier alpha value is -2.88. The summed E-state index contributed by atoms with van der Waals surface area (Å²) >= 11 is 0. The van der Waals surface area contributed by atoms with Crippen molar-refractivity contribution in [2.45, 2.75) is 26.2 Å². The summed E-state index contributed by atoms with van der Waals surface area (Å²) in [6, 6.07) is 17.4. The first-order valence-electron chi connectivity index (χ1n) is 9.48. The van der Waals surface area contributed by atoms with E-state index in [1.165, 1.54) is 0 Å². The maximum Gasteiger partial charge on any atom is 0.339 e. The molecule has 0 aliphatic heterocycles. The molecule has 2 aromatic carbocycles. The number of rotatable bonds is 5. The lowest BCUT2D eigenvalue weighted by atomic mass is 9.84. The van der Waals surface area contributed by atoms with Crippen LogP contribution in [-0.4, -0.2) is 24.2 Å². The van der Waals surface area contributed by atoms with Crippen molar-refractivity contribution < 1.29 is 14.3 Å². The number of nitrogens with zero attached hydrogens (tertiary/aromatic N) is 1. The van der Waals surface area contributed by atoms with Crippen LogP contribution < -0.4 is 4.74 Å². The molecule has 27 heavy (non-hydrogen) atoms. The fourth-order valence-corrected chi connectivity index (χ4v) is 3.68. The zero-order valence-corrected chi connectivity index (χ0v) is 15.5. The van der Waals surface area contributed by atoms with E-state index in [4.69, 9.17) is 14.5 Å². The summed E-state index contributed by atoms with van der Waals surface area (Å²) in [4.78, 5) is 17.7. The topological polar surface area (TPSA) is 48.4 Å². The van der Waals surface area contributed by atoms with Gasteiger partial charge in [0, 0.05) is 11.1 Å². The molecule has 1 aromatic heterocycles. The van der Waals surface area contributed by atoms with E-state index >= 15 is 0 Å². The Bertz CT molecular complexity index is 952. The van der Waals surface area contributed by atoms with Gasteiger partial charge in [0.15, 0.2) is 0 Å². The Morgan fingerprint density at radius 2 is 1.85 bits per heavy atom. The van der Waals surface area contributed by atoms with Gasteiger partial charge in [-0.3, -0.25) is 4.98 Å². The molecule has 0 radical (unpaired) electrons. The van der Waals surface area contributed by atoms with Crippen LogP contribution in [0.1, 0.15) is 35.0 Å². The van der Waals surface area contributed by atoms with Crippen molar-refractivity contribution in [3.8, 4) is 5.75 Å². The zero-order chi connectivity index (χ0) is 18.6. The summed E-state index contributed by atoms with van der Waals surface area (Å²) < 4.78 is 11.2. The highest BCUT2D eigenvalue weighted by Crippen LogP contribution is 2.31. The molecule has 0 saturated heterocycles. The number of benzene rings is 2. The Morgan fingerprint density at radius 3 is 2.70 bits per heavy atom. The molecule has 4 rings (SSSR count). The third-order valence-corrected chi connectivity index (χ3v) is 5.04. The number of carbonyl (C=O) groups is 1. The lowest BCUT2D eigenvalue weighted by molar-refractivity contribution is 0.0451. The SMILES string of the molecule is C[C@@H]1CCc2nc3ccccc3c(C(=O)OCCOc3ccccc3)c2C1. The molecular formula is C23H23NO3. The van der Waals surface area contributed by atoms with Crippen molar-refractivity contribution >= 4 is 16.9 Å². The molecule has 1 aliphatic carbocycles. The van der Waals surface area contributed by atoms with Crippen LogP contribution in [0, 0.1) is 5.92 Å². The summed E-state index contributed by atoms with van der Waals surface area (Å²) in [5.74, 6) is 1.04. The monoisotopic (exact) mass is 361 g/mol.